The van der Waals surface area contributed by atoms with Crippen molar-refractivity contribution >= 4 is 29.7 Å². The molecule has 1 amide bonds. The number of nitrogens with zero attached hydrogens (tertiary/aromatic N) is 3. The van der Waals surface area contributed by atoms with E-state index in [9.17, 15) is 4.79 Å². The number of fused-ring (bicyclic) bond motifs is 1. The Hall–Kier alpha value is -1.37. The highest BCUT2D eigenvalue weighted by Crippen LogP contribution is 2.25. The molecule has 1 fully saturated rings. The number of piperidine rings is 1. The molecule has 23 heavy (non-hydrogen) atoms. The summed E-state index contributed by atoms with van der Waals surface area (Å²) in [7, 11) is 0. The second kappa shape index (κ2) is 7.03. The standard InChI is InChI=1S/C16H20N4OS.ClH/c21-16(19-7-4-15-12(11-19)5-9-22-15)14-3-8-20(18-14)13-2-1-6-17-10-13;/h3,5,8-9,13,17H,1-2,4,6-7,10-11H2;1H. The molecule has 2 aliphatic rings. The maximum atomic E-state index is 12.7. The molecule has 1 unspecified atom stereocenters. The Morgan fingerprint density at radius 1 is 1.39 bits per heavy atom. The molecule has 2 aromatic rings. The number of carbonyl (C=O) groups excluding carboxylic acids is 1. The second-order valence-corrected chi connectivity index (χ2v) is 7.03. The summed E-state index contributed by atoms with van der Waals surface area (Å²) in [6.07, 6.45) is 5.21. The fourth-order valence-electron chi connectivity index (χ4n) is 3.30. The van der Waals surface area contributed by atoms with Crippen LogP contribution in [0.25, 0.3) is 0 Å². The van der Waals surface area contributed by atoms with Crippen LogP contribution >= 0.6 is 23.7 Å². The van der Waals surface area contributed by atoms with Crippen LogP contribution in [0.5, 0.6) is 0 Å². The van der Waals surface area contributed by atoms with Gasteiger partial charge in [-0.25, -0.2) is 0 Å². The monoisotopic (exact) mass is 352 g/mol. The molecule has 0 aromatic carbocycles. The van der Waals surface area contributed by atoms with Gasteiger partial charge in [0.15, 0.2) is 0 Å². The Morgan fingerprint density at radius 2 is 2.30 bits per heavy atom. The Labute approximate surface area is 146 Å². The Bertz CT molecular complexity index is 677. The highest BCUT2D eigenvalue weighted by Gasteiger charge is 2.25. The van der Waals surface area contributed by atoms with E-state index in [-0.39, 0.29) is 18.3 Å². The fourth-order valence-corrected chi connectivity index (χ4v) is 4.19. The molecule has 1 saturated heterocycles. The van der Waals surface area contributed by atoms with Crippen molar-refractivity contribution in [2.45, 2.75) is 31.8 Å². The molecule has 4 heterocycles. The Kier molecular flexibility index (Phi) is 5.04. The number of hydrogen-bond acceptors (Lipinski definition) is 4. The first-order valence-corrected chi connectivity index (χ1v) is 8.79. The van der Waals surface area contributed by atoms with Crippen molar-refractivity contribution in [3.05, 3.63) is 39.8 Å². The van der Waals surface area contributed by atoms with Gasteiger partial charge in [-0.2, -0.15) is 5.10 Å². The predicted octanol–water partition coefficient (Wildman–Crippen LogP) is 2.49. The van der Waals surface area contributed by atoms with Gasteiger partial charge in [0.25, 0.3) is 5.91 Å². The average molecular weight is 353 g/mol. The SMILES string of the molecule is Cl.O=C(c1ccn(C2CCCNC2)n1)N1CCc2sccc2C1. The van der Waals surface area contributed by atoms with Crippen molar-refractivity contribution < 1.29 is 4.79 Å². The van der Waals surface area contributed by atoms with Gasteiger partial charge in [0.1, 0.15) is 5.69 Å². The zero-order valence-corrected chi connectivity index (χ0v) is 14.5. The van der Waals surface area contributed by atoms with Crippen LogP contribution in [0.3, 0.4) is 0 Å². The maximum Gasteiger partial charge on any atom is 0.274 e. The minimum Gasteiger partial charge on any atom is -0.333 e. The molecule has 0 aliphatic carbocycles. The third kappa shape index (κ3) is 3.29. The van der Waals surface area contributed by atoms with Crippen molar-refractivity contribution in [1.29, 1.82) is 0 Å². The van der Waals surface area contributed by atoms with Crippen LogP contribution in [-0.4, -0.2) is 40.2 Å². The molecule has 0 bridgehead atoms. The van der Waals surface area contributed by atoms with Gasteiger partial charge in [-0.1, -0.05) is 0 Å². The molecule has 0 saturated carbocycles. The van der Waals surface area contributed by atoms with Gasteiger partial charge in [0.2, 0.25) is 0 Å². The van der Waals surface area contributed by atoms with E-state index in [2.05, 4.69) is 21.9 Å². The lowest BCUT2D eigenvalue weighted by atomic mass is 10.1. The highest BCUT2D eigenvalue weighted by molar-refractivity contribution is 7.10. The van der Waals surface area contributed by atoms with Crippen molar-refractivity contribution in [1.82, 2.24) is 20.0 Å². The predicted molar refractivity (Wildman–Crippen MR) is 93.4 cm³/mol. The normalized spacial score (nSPS) is 20.7. The lowest BCUT2D eigenvalue weighted by Crippen LogP contribution is -2.36. The lowest BCUT2D eigenvalue weighted by molar-refractivity contribution is 0.0728. The molecule has 4 rings (SSSR count). The van der Waals surface area contributed by atoms with E-state index in [1.807, 2.05) is 21.8 Å². The molecule has 1 N–H and O–H groups in total. The number of thiophene rings is 1. The summed E-state index contributed by atoms with van der Waals surface area (Å²) in [4.78, 5) is 16.0. The summed E-state index contributed by atoms with van der Waals surface area (Å²) in [5.74, 6) is 0.0550. The number of aromatic nitrogens is 2. The summed E-state index contributed by atoms with van der Waals surface area (Å²) < 4.78 is 1.96. The molecule has 0 spiro atoms. The molecule has 0 radical (unpaired) electrons. The first-order chi connectivity index (χ1) is 10.8. The van der Waals surface area contributed by atoms with Gasteiger partial charge in [0.05, 0.1) is 6.04 Å². The van der Waals surface area contributed by atoms with Crippen molar-refractivity contribution in [3.63, 3.8) is 0 Å². The molecular weight excluding hydrogens is 332 g/mol. The first-order valence-electron chi connectivity index (χ1n) is 7.91. The first kappa shape index (κ1) is 16.5. The summed E-state index contributed by atoms with van der Waals surface area (Å²) in [5.41, 5.74) is 1.87. The quantitative estimate of drug-likeness (QED) is 0.903. The van der Waals surface area contributed by atoms with Gasteiger partial charge in [-0.3, -0.25) is 9.48 Å². The number of hydrogen-bond donors (Lipinski definition) is 1. The molecule has 2 aliphatic heterocycles. The van der Waals surface area contributed by atoms with Crippen LogP contribution in [0, 0.1) is 0 Å². The third-order valence-corrected chi connectivity index (χ3v) is 5.59. The lowest BCUT2D eigenvalue weighted by Gasteiger charge is -2.26. The van der Waals surface area contributed by atoms with Crippen LogP contribution in [0.2, 0.25) is 0 Å². The van der Waals surface area contributed by atoms with E-state index in [4.69, 9.17) is 0 Å². The van der Waals surface area contributed by atoms with Crippen LogP contribution < -0.4 is 5.32 Å². The summed E-state index contributed by atoms with van der Waals surface area (Å²) in [5, 5.41) is 10.0. The fraction of sp³-hybridized carbons (Fsp3) is 0.500. The van der Waals surface area contributed by atoms with Crippen molar-refractivity contribution in [2.75, 3.05) is 19.6 Å². The largest absolute Gasteiger partial charge is 0.333 e. The van der Waals surface area contributed by atoms with E-state index in [1.165, 1.54) is 16.9 Å². The molecule has 124 valence electrons. The van der Waals surface area contributed by atoms with Crippen LogP contribution in [0.4, 0.5) is 0 Å². The number of halogens is 1. The van der Waals surface area contributed by atoms with Gasteiger partial charge >= 0.3 is 0 Å². The topological polar surface area (TPSA) is 50.2 Å². The van der Waals surface area contributed by atoms with E-state index in [1.54, 1.807) is 11.3 Å². The van der Waals surface area contributed by atoms with E-state index in [0.717, 1.165) is 39.0 Å². The molecular formula is C16H21ClN4OS. The van der Waals surface area contributed by atoms with Crippen molar-refractivity contribution in [3.8, 4) is 0 Å². The van der Waals surface area contributed by atoms with E-state index in [0.29, 0.717) is 11.7 Å². The highest BCUT2D eigenvalue weighted by atomic mass is 35.5. The van der Waals surface area contributed by atoms with E-state index >= 15 is 0 Å². The van der Waals surface area contributed by atoms with Gasteiger partial charge < -0.3 is 10.2 Å². The smallest absolute Gasteiger partial charge is 0.274 e. The zero-order valence-electron chi connectivity index (χ0n) is 12.9. The molecule has 1 atom stereocenters. The Morgan fingerprint density at radius 3 is 3.13 bits per heavy atom. The van der Waals surface area contributed by atoms with Crippen LogP contribution in [-0.2, 0) is 13.0 Å². The van der Waals surface area contributed by atoms with Gasteiger partial charge in [-0.05, 0) is 48.9 Å². The van der Waals surface area contributed by atoms with Gasteiger partial charge in [0, 0.05) is 30.7 Å². The van der Waals surface area contributed by atoms with Crippen molar-refractivity contribution in [2.24, 2.45) is 0 Å². The summed E-state index contributed by atoms with van der Waals surface area (Å²) >= 11 is 1.79. The summed E-state index contributed by atoms with van der Waals surface area (Å²) in [6.45, 7) is 3.54. The third-order valence-electron chi connectivity index (χ3n) is 4.57. The molecule has 2 aromatic heterocycles. The molecule has 7 heteroatoms. The minimum atomic E-state index is 0. The van der Waals surface area contributed by atoms with Gasteiger partial charge in [-0.15, -0.1) is 23.7 Å². The maximum absolute atomic E-state index is 12.7. The average Bonchev–Trinajstić information content (AvgIpc) is 3.23. The van der Waals surface area contributed by atoms with Crippen LogP contribution in [0.1, 0.15) is 39.8 Å². The second-order valence-electron chi connectivity index (χ2n) is 6.03. The zero-order chi connectivity index (χ0) is 14.9. The number of amides is 1. The van der Waals surface area contributed by atoms with E-state index < -0.39 is 0 Å². The number of rotatable bonds is 2. The number of nitrogens with one attached hydrogen (secondary N) is 1. The molecule has 5 nitrogen and oxygen atoms in total. The summed E-state index contributed by atoms with van der Waals surface area (Å²) in [6, 6.07) is 4.37. The number of carbonyl (C=O) groups is 1. The Balaban J connectivity index is 0.00000156. The van der Waals surface area contributed by atoms with Crippen LogP contribution in [0.15, 0.2) is 23.7 Å². The minimum absolute atomic E-state index is 0.